The van der Waals surface area contributed by atoms with E-state index in [1.165, 1.54) is 12.1 Å². The van der Waals surface area contributed by atoms with Gasteiger partial charge in [0.25, 0.3) is 0 Å². The zero-order chi connectivity index (χ0) is 14.0. The molecule has 100 valence electrons. The Kier molecular flexibility index (Phi) is 3.75. The third-order valence-electron chi connectivity index (χ3n) is 2.31. The topological polar surface area (TPSA) is 67.9 Å². The van der Waals surface area contributed by atoms with Crippen LogP contribution in [0.25, 0.3) is 11.3 Å². The minimum atomic E-state index is -1.21. The number of carbonyl (C=O) groups is 1. The average molecular weight is 288 g/mol. The number of hydrogen-bond donors (Lipinski definition) is 1. The van der Waals surface area contributed by atoms with E-state index in [4.69, 9.17) is 16.3 Å². The average Bonchev–Trinajstić information content (AvgIpc) is 2.85. The summed E-state index contributed by atoms with van der Waals surface area (Å²) in [6, 6.07) is 2.38. The molecule has 0 saturated carbocycles. The first-order valence-corrected chi connectivity index (χ1v) is 5.65. The summed E-state index contributed by atoms with van der Waals surface area (Å²) in [5.74, 6) is -3.19. The van der Waals surface area contributed by atoms with Crippen LogP contribution in [-0.4, -0.2) is 28.0 Å². The fourth-order valence-corrected chi connectivity index (χ4v) is 1.62. The van der Waals surface area contributed by atoms with Crippen LogP contribution in [0, 0.1) is 11.6 Å². The van der Waals surface area contributed by atoms with Crippen LogP contribution in [-0.2, 0) is 4.74 Å². The molecule has 0 atom stereocenters. The van der Waals surface area contributed by atoms with E-state index < -0.39 is 17.6 Å². The third-order valence-corrected chi connectivity index (χ3v) is 2.60. The smallest absolute Gasteiger partial charge is 0.361 e. The molecule has 0 saturated heterocycles. The van der Waals surface area contributed by atoms with Crippen LogP contribution in [0.3, 0.4) is 0 Å². The molecule has 0 bridgehead atoms. The lowest BCUT2D eigenvalue weighted by molar-refractivity contribution is 0.0520. The predicted molar refractivity (Wildman–Crippen MR) is 62.7 cm³/mol. The number of rotatable bonds is 3. The molecule has 0 amide bonds. The fourth-order valence-electron chi connectivity index (χ4n) is 1.47. The van der Waals surface area contributed by atoms with Gasteiger partial charge >= 0.3 is 5.97 Å². The molecule has 0 aliphatic carbocycles. The largest absolute Gasteiger partial charge is 0.461 e. The Morgan fingerprint density at radius 3 is 2.79 bits per heavy atom. The number of carbonyl (C=O) groups excluding carboxylic acids is 1. The van der Waals surface area contributed by atoms with E-state index in [0.29, 0.717) is 0 Å². The maximum Gasteiger partial charge on any atom is 0.361 e. The Bertz CT molecular complexity index is 630. The van der Waals surface area contributed by atoms with Crippen LogP contribution >= 0.6 is 11.6 Å². The van der Waals surface area contributed by atoms with Crippen LogP contribution in [0.15, 0.2) is 12.1 Å². The molecule has 0 radical (unpaired) electrons. The van der Waals surface area contributed by atoms with Crippen molar-refractivity contribution >= 4 is 17.6 Å². The lowest BCUT2D eigenvalue weighted by Crippen LogP contribution is -2.07. The van der Waals surface area contributed by atoms with E-state index >= 15 is 0 Å². The zero-order valence-corrected chi connectivity index (χ0v) is 10.5. The minimum Gasteiger partial charge on any atom is -0.461 e. The van der Waals surface area contributed by atoms with Gasteiger partial charge in [-0.05, 0) is 19.1 Å². The summed E-state index contributed by atoms with van der Waals surface area (Å²) >= 11 is 5.45. The SMILES string of the molecule is CCOC(=O)c1n[nH]nc1-c1ccc(Cl)c(F)c1F. The summed E-state index contributed by atoms with van der Waals surface area (Å²) in [6.45, 7) is 1.74. The number of hydrogen-bond acceptors (Lipinski definition) is 4. The van der Waals surface area contributed by atoms with Crippen molar-refractivity contribution in [1.82, 2.24) is 15.4 Å². The first kappa shape index (κ1) is 13.4. The quantitative estimate of drug-likeness (QED) is 0.696. The van der Waals surface area contributed by atoms with Crippen molar-refractivity contribution in [2.45, 2.75) is 6.92 Å². The number of nitrogens with one attached hydrogen (secondary N) is 1. The van der Waals surface area contributed by atoms with E-state index in [1.54, 1.807) is 6.92 Å². The van der Waals surface area contributed by atoms with Crippen molar-refractivity contribution in [3.8, 4) is 11.3 Å². The van der Waals surface area contributed by atoms with E-state index in [9.17, 15) is 13.6 Å². The van der Waals surface area contributed by atoms with Crippen LogP contribution in [0.1, 0.15) is 17.4 Å². The molecule has 1 N–H and O–H groups in total. The standard InChI is InChI=1S/C11H8ClF2N3O2/c1-2-19-11(18)10-9(15-17-16-10)5-3-4-6(12)8(14)7(5)13/h3-4H,2H2,1H3,(H,15,16,17). The zero-order valence-electron chi connectivity index (χ0n) is 9.71. The fraction of sp³-hybridized carbons (Fsp3) is 0.182. The molecule has 2 rings (SSSR count). The molecule has 19 heavy (non-hydrogen) atoms. The summed E-state index contributed by atoms with van der Waals surface area (Å²) in [5, 5.41) is 9.02. The predicted octanol–water partition coefficient (Wildman–Crippen LogP) is 2.58. The van der Waals surface area contributed by atoms with Crippen LogP contribution in [0.2, 0.25) is 5.02 Å². The number of esters is 1. The number of aromatic nitrogens is 3. The number of nitrogens with zero attached hydrogens (tertiary/aromatic N) is 2. The molecule has 1 aromatic carbocycles. The highest BCUT2D eigenvalue weighted by Crippen LogP contribution is 2.28. The van der Waals surface area contributed by atoms with Gasteiger partial charge in [-0.2, -0.15) is 10.3 Å². The summed E-state index contributed by atoms with van der Waals surface area (Å²) < 4.78 is 31.9. The summed E-state index contributed by atoms with van der Waals surface area (Å²) in [5.41, 5.74) is -0.576. The molecule has 0 aliphatic heterocycles. The second kappa shape index (κ2) is 5.31. The molecule has 0 unspecified atom stereocenters. The molecular weight excluding hydrogens is 280 g/mol. The minimum absolute atomic E-state index is 0.128. The highest BCUT2D eigenvalue weighted by molar-refractivity contribution is 6.30. The maximum atomic E-state index is 13.8. The Balaban J connectivity index is 2.52. The van der Waals surface area contributed by atoms with Gasteiger partial charge in [-0.3, -0.25) is 0 Å². The highest BCUT2D eigenvalue weighted by atomic mass is 35.5. The van der Waals surface area contributed by atoms with Gasteiger partial charge in [0, 0.05) is 5.56 Å². The molecule has 1 aromatic heterocycles. The van der Waals surface area contributed by atoms with Crippen molar-refractivity contribution < 1.29 is 18.3 Å². The Morgan fingerprint density at radius 1 is 1.37 bits per heavy atom. The molecule has 0 fully saturated rings. The second-order valence-electron chi connectivity index (χ2n) is 3.46. The maximum absolute atomic E-state index is 13.8. The van der Waals surface area contributed by atoms with Gasteiger partial charge < -0.3 is 4.74 Å². The van der Waals surface area contributed by atoms with Gasteiger partial charge in [0.05, 0.1) is 11.6 Å². The van der Waals surface area contributed by atoms with Crippen molar-refractivity contribution in [3.05, 3.63) is 34.5 Å². The van der Waals surface area contributed by atoms with Crippen LogP contribution < -0.4 is 0 Å². The molecule has 0 aliphatic rings. The molecule has 5 nitrogen and oxygen atoms in total. The van der Waals surface area contributed by atoms with Crippen molar-refractivity contribution in [2.24, 2.45) is 0 Å². The number of ether oxygens (including phenoxy) is 1. The van der Waals surface area contributed by atoms with Gasteiger partial charge in [-0.1, -0.05) is 11.6 Å². The van der Waals surface area contributed by atoms with E-state index in [0.717, 1.165) is 0 Å². The molecular formula is C11H8ClF2N3O2. The molecule has 0 spiro atoms. The van der Waals surface area contributed by atoms with Crippen molar-refractivity contribution in [2.75, 3.05) is 6.61 Å². The molecule has 2 aromatic rings. The first-order chi connectivity index (χ1) is 9.06. The van der Waals surface area contributed by atoms with Gasteiger partial charge in [0.1, 0.15) is 5.69 Å². The second-order valence-corrected chi connectivity index (χ2v) is 3.87. The van der Waals surface area contributed by atoms with Gasteiger partial charge in [0.2, 0.25) is 0 Å². The monoisotopic (exact) mass is 287 g/mol. The lowest BCUT2D eigenvalue weighted by Gasteiger charge is -2.04. The van der Waals surface area contributed by atoms with Crippen LogP contribution in [0.4, 0.5) is 8.78 Å². The van der Waals surface area contributed by atoms with E-state index in [-0.39, 0.29) is 28.6 Å². The number of aromatic amines is 1. The Labute approximate surface area is 111 Å². The van der Waals surface area contributed by atoms with E-state index in [1.807, 2.05) is 0 Å². The normalized spacial score (nSPS) is 10.5. The number of benzene rings is 1. The lowest BCUT2D eigenvalue weighted by atomic mass is 10.1. The van der Waals surface area contributed by atoms with Gasteiger partial charge in [0.15, 0.2) is 17.3 Å². The van der Waals surface area contributed by atoms with Gasteiger partial charge in [-0.25, -0.2) is 13.6 Å². The van der Waals surface area contributed by atoms with E-state index in [2.05, 4.69) is 15.4 Å². The number of H-pyrrole nitrogens is 1. The summed E-state index contributed by atoms with van der Waals surface area (Å²) in [7, 11) is 0. The third kappa shape index (κ3) is 2.41. The van der Waals surface area contributed by atoms with Crippen molar-refractivity contribution in [1.29, 1.82) is 0 Å². The summed E-state index contributed by atoms with van der Waals surface area (Å²) in [4.78, 5) is 11.6. The highest BCUT2D eigenvalue weighted by Gasteiger charge is 2.23. The molecule has 8 heteroatoms. The van der Waals surface area contributed by atoms with Gasteiger partial charge in [-0.15, -0.1) is 5.10 Å². The van der Waals surface area contributed by atoms with Crippen LogP contribution in [0.5, 0.6) is 0 Å². The first-order valence-electron chi connectivity index (χ1n) is 5.28. The summed E-state index contributed by atoms with van der Waals surface area (Å²) in [6.07, 6.45) is 0. The Hall–Kier alpha value is -2.02. The van der Waals surface area contributed by atoms with Crippen molar-refractivity contribution in [3.63, 3.8) is 0 Å². The molecule has 1 heterocycles. The number of halogens is 3. The Morgan fingerprint density at radius 2 is 2.11 bits per heavy atom.